The molecule has 2 atom stereocenters. The molecule has 1 spiro atoms. The molecule has 5 rings (SSSR count). The number of hydrogen-bond donors (Lipinski definition) is 0. The third kappa shape index (κ3) is 2.87. The van der Waals surface area contributed by atoms with Crippen molar-refractivity contribution >= 4 is 5.69 Å². The zero-order valence-electron chi connectivity index (χ0n) is 17.7. The predicted molar refractivity (Wildman–Crippen MR) is 120 cm³/mol. The Morgan fingerprint density at radius 2 is 1.93 bits per heavy atom. The highest BCUT2D eigenvalue weighted by Gasteiger charge is 2.74. The lowest BCUT2D eigenvalue weighted by Crippen LogP contribution is -2.28. The van der Waals surface area contributed by atoms with Gasteiger partial charge in [-0.1, -0.05) is 36.9 Å². The van der Waals surface area contributed by atoms with Crippen molar-refractivity contribution in [3.63, 3.8) is 0 Å². The van der Waals surface area contributed by atoms with Gasteiger partial charge in [-0.3, -0.25) is 0 Å². The Labute approximate surface area is 178 Å². The van der Waals surface area contributed by atoms with Crippen molar-refractivity contribution in [2.24, 2.45) is 0 Å². The quantitative estimate of drug-likeness (QED) is 0.530. The van der Waals surface area contributed by atoms with E-state index in [0.717, 1.165) is 43.5 Å². The number of ether oxygens (including phenoxy) is 1. The van der Waals surface area contributed by atoms with Crippen LogP contribution < -0.4 is 4.90 Å². The number of likely N-dealkylation sites (N-methyl/N-ethyl adjacent to an activating group) is 1. The van der Waals surface area contributed by atoms with Crippen LogP contribution in [0.2, 0.25) is 0 Å². The highest BCUT2D eigenvalue weighted by atomic mass is 19.1. The highest BCUT2D eigenvalue weighted by Crippen LogP contribution is 2.68. The van der Waals surface area contributed by atoms with Crippen LogP contribution in [0.4, 0.5) is 10.1 Å². The van der Waals surface area contributed by atoms with E-state index < -0.39 is 0 Å². The largest absolute Gasteiger partial charge is 0.357 e. The third-order valence-corrected chi connectivity index (χ3v) is 7.34. The summed E-state index contributed by atoms with van der Waals surface area (Å²) in [7, 11) is 2.04. The monoisotopic (exact) mass is 401 g/mol. The van der Waals surface area contributed by atoms with E-state index in [-0.39, 0.29) is 17.0 Å². The Balaban J connectivity index is 1.39. The van der Waals surface area contributed by atoms with Crippen molar-refractivity contribution in [3.05, 3.63) is 101 Å². The minimum Gasteiger partial charge on any atom is -0.357 e. The lowest BCUT2D eigenvalue weighted by Gasteiger charge is -2.29. The molecule has 3 heteroatoms. The third-order valence-electron chi connectivity index (χ3n) is 7.34. The van der Waals surface area contributed by atoms with Gasteiger partial charge < -0.3 is 9.64 Å². The number of hydrogen-bond acceptors (Lipinski definition) is 2. The van der Waals surface area contributed by atoms with Crippen LogP contribution in [-0.4, -0.2) is 18.2 Å². The van der Waals surface area contributed by atoms with Gasteiger partial charge in [0.1, 0.15) is 17.0 Å². The maximum Gasteiger partial charge on any atom is 0.123 e. The Hall–Kier alpha value is -2.65. The van der Waals surface area contributed by atoms with Gasteiger partial charge in [-0.25, -0.2) is 4.39 Å². The molecular formula is C27H28FNO. The van der Waals surface area contributed by atoms with Gasteiger partial charge in [-0.05, 0) is 85.2 Å². The van der Waals surface area contributed by atoms with Gasteiger partial charge in [0.05, 0.1) is 0 Å². The van der Waals surface area contributed by atoms with E-state index in [2.05, 4.69) is 48.7 Å². The first-order chi connectivity index (χ1) is 14.5. The van der Waals surface area contributed by atoms with Crippen molar-refractivity contribution in [1.29, 1.82) is 0 Å². The molecule has 1 unspecified atom stereocenters. The molecule has 1 saturated carbocycles. The van der Waals surface area contributed by atoms with Crippen molar-refractivity contribution < 1.29 is 9.13 Å². The van der Waals surface area contributed by atoms with Crippen LogP contribution in [0.1, 0.15) is 36.8 Å². The van der Waals surface area contributed by atoms with Crippen molar-refractivity contribution in [2.75, 3.05) is 11.9 Å². The summed E-state index contributed by atoms with van der Waals surface area (Å²) in [4.78, 5) is 2.13. The fraction of sp³-hybridized carbons (Fsp3) is 0.333. The maximum atomic E-state index is 13.4. The number of anilines is 1. The summed E-state index contributed by atoms with van der Waals surface area (Å²) in [5.41, 5.74) is 7.31. The van der Waals surface area contributed by atoms with Crippen LogP contribution in [0.3, 0.4) is 0 Å². The van der Waals surface area contributed by atoms with E-state index in [9.17, 15) is 4.39 Å². The zero-order valence-corrected chi connectivity index (χ0v) is 17.7. The van der Waals surface area contributed by atoms with Gasteiger partial charge in [0.25, 0.3) is 0 Å². The summed E-state index contributed by atoms with van der Waals surface area (Å²) in [6, 6.07) is 15.3. The van der Waals surface area contributed by atoms with E-state index in [1.54, 1.807) is 0 Å². The lowest BCUT2D eigenvalue weighted by molar-refractivity contribution is 0.234. The molecule has 2 nitrogen and oxygen atoms in total. The standard InChI is InChI=1S/C27H28FNO/c1-4-20-18-27-22(17-25(20)29(3)24-11-9-23(28)10-12-24)14-16-26(27,30-27)15-13-21-8-6-5-7-19(21)2/h4-12,17H,1,13-16,18H2,2-3H3/t26-,27?/m0/s1. The number of benzene rings is 2. The Bertz CT molecular complexity index is 1070. The van der Waals surface area contributed by atoms with Crippen LogP contribution in [0, 0.1) is 12.7 Å². The smallest absolute Gasteiger partial charge is 0.123 e. The van der Waals surface area contributed by atoms with Gasteiger partial charge >= 0.3 is 0 Å². The molecule has 1 saturated heterocycles. The summed E-state index contributed by atoms with van der Waals surface area (Å²) in [5.74, 6) is -0.216. The lowest BCUT2D eigenvalue weighted by atomic mass is 9.80. The molecule has 0 radical (unpaired) electrons. The SMILES string of the molecule is C=CC1=C(N(C)c2ccc(F)cc2)C=C2CC[C@]3(CCc4ccccc4C)OC23C1. The van der Waals surface area contributed by atoms with E-state index in [1.165, 1.54) is 34.4 Å². The molecule has 0 N–H and O–H groups in total. The zero-order chi connectivity index (χ0) is 20.9. The topological polar surface area (TPSA) is 15.8 Å². The molecule has 2 fully saturated rings. The summed E-state index contributed by atoms with van der Waals surface area (Å²) >= 11 is 0. The normalized spacial score (nSPS) is 26.7. The van der Waals surface area contributed by atoms with Crippen molar-refractivity contribution in [2.45, 2.75) is 50.2 Å². The molecule has 1 heterocycles. The minimum absolute atomic E-state index is 0.0324. The van der Waals surface area contributed by atoms with Crippen LogP contribution in [-0.2, 0) is 11.2 Å². The Kier molecular flexibility index (Phi) is 4.48. The fourth-order valence-electron chi connectivity index (χ4n) is 5.47. The van der Waals surface area contributed by atoms with E-state index in [4.69, 9.17) is 4.74 Å². The number of nitrogens with zero attached hydrogens (tertiary/aromatic N) is 1. The number of aryl methyl sites for hydroxylation is 2. The summed E-state index contributed by atoms with van der Waals surface area (Å²) in [5, 5.41) is 0. The molecule has 154 valence electrons. The molecule has 0 bridgehead atoms. The van der Waals surface area contributed by atoms with E-state index in [0.29, 0.717) is 0 Å². The van der Waals surface area contributed by atoms with Crippen LogP contribution >= 0.6 is 0 Å². The first kappa shape index (κ1) is 19.3. The molecular weight excluding hydrogens is 373 g/mol. The Morgan fingerprint density at radius 3 is 2.67 bits per heavy atom. The number of rotatable bonds is 6. The number of halogens is 1. The van der Waals surface area contributed by atoms with Gasteiger partial charge in [-0.15, -0.1) is 0 Å². The highest BCUT2D eigenvalue weighted by molar-refractivity contribution is 5.61. The second-order valence-electron chi connectivity index (χ2n) is 8.85. The molecule has 2 aromatic rings. The molecule has 0 aromatic heterocycles. The summed E-state index contributed by atoms with van der Waals surface area (Å²) in [6.07, 6.45) is 9.41. The predicted octanol–water partition coefficient (Wildman–Crippen LogP) is 6.27. The molecule has 2 aromatic carbocycles. The second kappa shape index (κ2) is 6.95. The Morgan fingerprint density at radius 1 is 1.17 bits per heavy atom. The van der Waals surface area contributed by atoms with Gasteiger partial charge in [-0.2, -0.15) is 0 Å². The van der Waals surface area contributed by atoms with Crippen LogP contribution in [0.5, 0.6) is 0 Å². The molecule has 0 amide bonds. The molecule has 1 aliphatic heterocycles. The van der Waals surface area contributed by atoms with Crippen LogP contribution in [0.15, 0.2) is 84.1 Å². The van der Waals surface area contributed by atoms with E-state index >= 15 is 0 Å². The maximum absolute atomic E-state index is 13.4. The average Bonchev–Trinajstić information content (AvgIpc) is 3.28. The molecule has 3 aliphatic rings. The average molecular weight is 402 g/mol. The summed E-state index contributed by atoms with van der Waals surface area (Å²) in [6.45, 7) is 6.27. The van der Waals surface area contributed by atoms with Crippen molar-refractivity contribution in [3.8, 4) is 0 Å². The molecule has 30 heavy (non-hydrogen) atoms. The number of epoxide rings is 1. The second-order valence-corrected chi connectivity index (χ2v) is 8.85. The van der Waals surface area contributed by atoms with E-state index in [1.807, 2.05) is 25.3 Å². The molecule has 2 aliphatic carbocycles. The summed E-state index contributed by atoms with van der Waals surface area (Å²) < 4.78 is 19.9. The van der Waals surface area contributed by atoms with Crippen molar-refractivity contribution in [1.82, 2.24) is 0 Å². The van der Waals surface area contributed by atoms with Gasteiger partial charge in [0.15, 0.2) is 0 Å². The van der Waals surface area contributed by atoms with Gasteiger partial charge in [0.2, 0.25) is 0 Å². The fourth-order valence-corrected chi connectivity index (χ4v) is 5.47. The first-order valence-corrected chi connectivity index (χ1v) is 10.8. The first-order valence-electron chi connectivity index (χ1n) is 10.8. The van der Waals surface area contributed by atoms with Gasteiger partial charge in [0, 0.05) is 24.9 Å². The number of allylic oxidation sites excluding steroid dienone is 2. The minimum atomic E-state index is -0.216. The van der Waals surface area contributed by atoms with Crippen LogP contribution in [0.25, 0.3) is 0 Å².